The fourth-order valence-electron chi connectivity index (χ4n) is 4.78. The molecule has 1 aliphatic heterocycles. The Hall–Kier alpha value is -4.50. The molecule has 3 aromatic rings. The number of aromatic nitrogens is 2. The van der Waals surface area contributed by atoms with Crippen LogP contribution < -0.4 is 21.9 Å². The van der Waals surface area contributed by atoms with Crippen molar-refractivity contribution in [3.63, 3.8) is 0 Å². The number of amides is 3. The fraction of sp³-hybridized carbons (Fsp3) is 0.393. The van der Waals surface area contributed by atoms with E-state index in [1.165, 1.54) is 21.6 Å². The first-order valence-corrected chi connectivity index (χ1v) is 13.1. The molecule has 3 amide bonds. The van der Waals surface area contributed by atoms with E-state index in [0.29, 0.717) is 29.1 Å². The van der Waals surface area contributed by atoms with E-state index >= 15 is 0 Å². The minimum Gasteiger partial charge on any atom is -0.365 e. The Kier molecular flexibility index (Phi) is 7.40. The van der Waals surface area contributed by atoms with Gasteiger partial charge >= 0.3 is 11.7 Å². The molecule has 1 unspecified atom stereocenters. The largest absolute Gasteiger partial charge is 0.365 e. The van der Waals surface area contributed by atoms with Crippen LogP contribution >= 0.6 is 0 Å². The molecule has 0 radical (unpaired) electrons. The van der Waals surface area contributed by atoms with Gasteiger partial charge in [-0.3, -0.25) is 18.7 Å². The van der Waals surface area contributed by atoms with Crippen LogP contribution in [-0.4, -0.2) is 51.8 Å². The number of nitriles is 1. The highest BCUT2D eigenvalue weighted by atomic mass is 19.1. The Bertz CT molecular complexity index is 1650. The zero-order valence-corrected chi connectivity index (χ0v) is 22.1. The molecule has 1 aromatic heterocycles. The first-order valence-electron chi connectivity index (χ1n) is 13.1. The second-order valence-corrected chi connectivity index (χ2v) is 10.4. The van der Waals surface area contributed by atoms with Crippen molar-refractivity contribution in [1.29, 1.82) is 5.26 Å². The molecule has 0 spiro atoms. The minimum absolute atomic E-state index is 0.0505. The molecule has 40 heavy (non-hydrogen) atoms. The number of fused-ring (bicyclic) bond motifs is 1. The molecule has 1 aliphatic carbocycles. The second kappa shape index (κ2) is 10.9. The van der Waals surface area contributed by atoms with Crippen molar-refractivity contribution >= 4 is 34.2 Å². The zero-order chi connectivity index (χ0) is 28.6. The molecule has 2 aliphatic rings. The highest BCUT2D eigenvalue weighted by Crippen LogP contribution is 2.30. The maximum Gasteiger partial charge on any atom is 0.331 e. The van der Waals surface area contributed by atoms with Gasteiger partial charge in [0.15, 0.2) is 6.10 Å². The predicted molar refractivity (Wildman–Crippen MR) is 146 cm³/mol. The number of hydrogen-bond donors (Lipinski definition) is 2. The molecule has 12 heteroatoms. The number of nitrogens with zero attached hydrogens (tertiary/aromatic N) is 4. The van der Waals surface area contributed by atoms with Gasteiger partial charge in [0.25, 0.3) is 11.5 Å². The summed E-state index contributed by atoms with van der Waals surface area (Å²) in [5, 5.41) is 14.5. The number of carbonyl (C=O) groups excluding carboxylic acids is 2. The number of anilines is 2. The number of nitrogens with one attached hydrogen (secondary N) is 2. The number of rotatable bonds is 6. The Morgan fingerprint density at radius 3 is 2.52 bits per heavy atom. The number of carbonyl (C=O) groups is 2. The van der Waals surface area contributed by atoms with Gasteiger partial charge in [-0.1, -0.05) is 0 Å². The van der Waals surface area contributed by atoms with Crippen molar-refractivity contribution in [1.82, 2.24) is 14.0 Å². The van der Waals surface area contributed by atoms with Crippen LogP contribution in [0.5, 0.6) is 0 Å². The van der Waals surface area contributed by atoms with E-state index in [1.54, 1.807) is 28.8 Å². The molecule has 1 atom stereocenters. The lowest BCUT2D eigenvalue weighted by Crippen LogP contribution is -2.51. The van der Waals surface area contributed by atoms with E-state index in [2.05, 4.69) is 10.6 Å². The molecule has 2 heterocycles. The molecule has 2 N–H and O–H groups in total. The van der Waals surface area contributed by atoms with Gasteiger partial charge in [-0.25, -0.2) is 14.0 Å². The first-order chi connectivity index (χ1) is 19.2. The average Bonchev–Trinajstić information content (AvgIpc) is 3.76. The molecular weight excluding hydrogens is 519 g/mol. The van der Waals surface area contributed by atoms with Crippen LogP contribution in [0.1, 0.15) is 38.3 Å². The maximum atomic E-state index is 13.9. The van der Waals surface area contributed by atoms with Crippen LogP contribution in [0.3, 0.4) is 0 Å². The summed E-state index contributed by atoms with van der Waals surface area (Å²) in [6, 6.07) is 9.63. The summed E-state index contributed by atoms with van der Waals surface area (Å²) in [4.78, 5) is 53.6. The third-order valence-electron chi connectivity index (χ3n) is 7.08. The molecule has 2 fully saturated rings. The Morgan fingerprint density at radius 1 is 1.12 bits per heavy atom. The summed E-state index contributed by atoms with van der Waals surface area (Å²) in [7, 11) is 0. The highest BCUT2D eigenvalue weighted by Gasteiger charge is 2.30. The smallest absolute Gasteiger partial charge is 0.331 e. The summed E-state index contributed by atoms with van der Waals surface area (Å²) in [6.45, 7) is 4.43. The van der Waals surface area contributed by atoms with Crippen LogP contribution in [0.15, 0.2) is 46.0 Å². The monoisotopic (exact) mass is 548 g/mol. The van der Waals surface area contributed by atoms with Crippen molar-refractivity contribution < 1.29 is 18.7 Å². The van der Waals surface area contributed by atoms with E-state index in [4.69, 9.17) is 10.00 Å². The molecular formula is C28H29FN6O5. The van der Waals surface area contributed by atoms with E-state index < -0.39 is 23.9 Å². The predicted octanol–water partition coefficient (Wildman–Crippen LogP) is 3.04. The molecule has 1 saturated carbocycles. The first kappa shape index (κ1) is 27.1. The number of hydrogen-bond acceptors (Lipinski definition) is 6. The zero-order valence-electron chi connectivity index (χ0n) is 22.1. The third-order valence-corrected chi connectivity index (χ3v) is 7.08. The van der Waals surface area contributed by atoms with Crippen molar-refractivity contribution in [3.05, 3.63) is 68.6 Å². The molecule has 208 valence electrons. The van der Waals surface area contributed by atoms with Crippen molar-refractivity contribution in [2.45, 2.75) is 45.4 Å². The Labute approximate surface area is 228 Å². The number of halogens is 1. The van der Waals surface area contributed by atoms with Crippen LogP contribution in [0.2, 0.25) is 0 Å². The number of morpholine rings is 1. The fourth-order valence-corrected chi connectivity index (χ4v) is 4.78. The molecule has 5 rings (SSSR count). The lowest BCUT2D eigenvalue weighted by atomic mass is 10.2. The Balaban J connectivity index is 1.32. The van der Waals surface area contributed by atoms with E-state index in [-0.39, 0.29) is 48.2 Å². The van der Waals surface area contributed by atoms with Crippen LogP contribution in [0, 0.1) is 23.1 Å². The average molecular weight is 549 g/mol. The van der Waals surface area contributed by atoms with Gasteiger partial charge in [-0.15, -0.1) is 0 Å². The molecule has 0 bridgehead atoms. The highest BCUT2D eigenvalue weighted by molar-refractivity contribution is 5.96. The standard InChI is InChI=1S/C28H29FN6O5/c1-16(2)35-23-8-7-19(11-21(23)26(37)34(28(35)39)14-17-3-4-17)32-27(38)33-9-10-40-24(15-33)25(36)31-20-6-5-18(13-30)22(29)12-20/h5-8,11-12,16-17,24H,3-4,9-10,14-15H2,1-2H3,(H,31,36)(H,32,38). The van der Waals surface area contributed by atoms with E-state index in [9.17, 15) is 23.6 Å². The number of benzene rings is 2. The van der Waals surface area contributed by atoms with Crippen molar-refractivity contribution in [2.75, 3.05) is 30.3 Å². The minimum atomic E-state index is -0.995. The maximum absolute atomic E-state index is 13.9. The van der Waals surface area contributed by atoms with Gasteiger partial charge in [-0.2, -0.15) is 5.26 Å². The van der Waals surface area contributed by atoms with Crippen molar-refractivity contribution in [2.24, 2.45) is 5.92 Å². The SMILES string of the molecule is CC(C)n1c(=O)n(CC2CC2)c(=O)c2cc(NC(=O)N3CCOC(C(=O)Nc4ccc(C#N)c(F)c4)C3)ccc21. The van der Waals surface area contributed by atoms with Crippen LogP contribution in [-0.2, 0) is 16.1 Å². The topological polar surface area (TPSA) is 138 Å². The lowest BCUT2D eigenvalue weighted by molar-refractivity contribution is -0.131. The van der Waals surface area contributed by atoms with Gasteiger partial charge in [0.2, 0.25) is 0 Å². The molecule has 11 nitrogen and oxygen atoms in total. The summed E-state index contributed by atoms with van der Waals surface area (Å²) in [6.07, 6.45) is 0.986. The quantitative estimate of drug-likeness (QED) is 0.486. The summed E-state index contributed by atoms with van der Waals surface area (Å²) in [5.41, 5.74) is 0.173. The van der Waals surface area contributed by atoms with Gasteiger partial charge in [-0.05, 0) is 69.0 Å². The second-order valence-electron chi connectivity index (χ2n) is 10.4. The molecule has 2 aromatic carbocycles. The summed E-state index contributed by atoms with van der Waals surface area (Å²) >= 11 is 0. The lowest BCUT2D eigenvalue weighted by Gasteiger charge is -2.32. The summed E-state index contributed by atoms with van der Waals surface area (Å²) in [5.74, 6) is -0.991. The van der Waals surface area contributed by atoms with E-state index in [1.807, 2.05) is 13.8 Å². The number of urea groups is 1. The normalized spacial score (nSPS) is 17.1. The third kappa shape index (κ3) is 5.46. The van der Waals surface area contributed by atoms with Crippen LogP contribution in [0.25, 0.3) is 10.9 Å². The van der Waals surface area contributed by atoms with E-state index in [0.717, 1.165) is 18.9 Å². The number of ether oxygens (including phenoxy) is 1. The molecule has 1 saturated heterocycles. The van der Waals surface area contributed by atoms with Crippen LogP contribution in [0.4, 0.5) is 20.6 Å². The summed E-state index contributed by atoms with van der Waals surface area (Å²) < 4.78 is 22.3. The van der Waals surface area contributed by atoms with Gasteiger partial charge in [0.1, 0.15) is 11.9 Å². The van der Waals surface area contributed by atoms with Gasteiger partial charge in [0.05, 0.1) is 29.6 Å². The van der Waals surface area contributed by atoms with Gasteiger partial charge in [0, 0.05) is 30.5 Å². The van der Waals surface area contributed by atoms with Crippen molar-refractivity contribution in [3.8, 4) is 6.07 Å². The van der Waals surface area contributed by atoms with Gasteiger partial charge < -0.3 is 20.3 Å². The Morgan fingerprint density at radius 2 is 1.85 bits per heavy atom.